The fraction of sp³-hybridized carbons (Fsp3) is 0.353. The Balaban J connectivity index is 0.00000242. The first-order valence-electron chi connectivity index (χ1n) is 7.07. The van der Waals surface area contributed by atoms with Crippen molar-refractivity contribution in [2.45, 2.75) is 12.5 Å². The molecule has 1 aromatic heterocycles. The summed E-state index contributed by atoms with van der Waals surface area (Å²) >= 11 is 0. The molecule has 128 valence electrons. The van der Waals surface area contributed by atoms with Crippen LogP contribution in [0.5, 0.6) is 0 Å². The lowest BCUT2D eigenvalue weighted by Crippen LogP contribution is -2.38. The highest BCUT2D eigenvalue weighted by atomic mass is 35.5. The number of benzene rings is 1. The van der Waals surface area contributed by atoms with E-state index in [1.165, 1.54) is 0 Å². The highest BCUT2D eigenvalue weighted by Gasteiger charge is 2.31. The summed E-state index contributed by atoms with van der Waals surface area (Å²) in [7, 11) is 3.23. The molecule has 0 saturated heterocycles. The zero-order valence-electron chi connectivity index (χ0n) is 13.6. The molecule has 2 aromatic rings. The van der Waals surface area contributed by atoms with Gasteiger partial charge in [-0.05, 0) is 24.6 Å². The predicted octanol–water partition coefficient (Wildman–Crippen LogP) is 3.78. The van der Waals surface area contributed by atoms with Crippen LogP contribution in [0.2, 0.25) is 0 Å². The van der Waals surface area contributed by atoms with Crippen LogP contribution in [0.15, 0.2) is 54.7 Å². The van der Waals surface area contributed by atoms with E-state index in [1.807, 2.05) is 55.5 Å². The number of hydroxylamine groups is 3. The zero-order valence-corrected chi connectivity index (χ0v) is 15.3. The molecular weight excluding hydrogens is 335 g/mol. The molecule has 0 radical (unpaired) electrons. The maximum absolute atomic E-state index is 11.7. The zero-order chi connectivity index (χ0) is 15.3. The van der Waals surface area contributed by atoms with Crippen molar-refractivity contribution in [3.63, 3.8) is 0 Å². The number of nitrogens with zero attached hydrogens (tertiary/aromatic N) is 2. The van der Waals surface area contributed by atoms with Gasteiger partial charge in [-0.3, -0.25) is 4.98 Å². The van der Waals surface area contributed by atoms with E-state index in [9.17, 15) is 5.21 Å². The smallest absolute Gasteiger partial charge is 0.132 e. The van der Waals surface area contributed by atoms with Gasteiger partial charge in [-0.15, -0.1) is 24.8 Å². The Bertz CT molecular complexity index is 520. The number of quaternary nitrogens is 1. The van der Waals surface area contributed by atoms with Crippen molar-refractivity contribution >= 4 is 24.8 Å². The summed E-state index contributed by atoms with van der Waals surface area (Å²) in [5.41, 5.74) is 1.21. The number of aromatic nitrogens is 1. The summed E-state index contributed by atoms with van der Waals surface area (Å²) < 4.78 is 5.73. The molecule has 0 fully saturated rings. The molecule has 0 aliphatic rings. The van der Waals surface area contributed by atoms with Crippen LogP contribution in [0.1, 0.15) is 18.2 Å². The van der Waals surface area contributed by atoms with Gasteiger partial charge in [0.1, 0.15) is 12.1 Å². The molecule has 1 heterocycles. The summed E-state index contributed by atoms with van der Waals surface area (Å²) in [5, 5.41) is 11.7. The molecule has 2 rings (SSSR count). The van der Waals surface area contributed by atoms with Gasteiger partial charge in [0, 0.05) is 6.20 Å². The summed E-state index contributed by atoms with van der Waals surface area (Å²) in [6, 6.07) is 15.7. The van der Waals surface area contributed by atoms with Crippen molar-refractivity contribution in [3.05, 3.63) is 71.2 Å². The highest BCUT2D eigenvalue weighted by molar-refractivity contribution is 5.85. The SMILES string of the molecule is CC(OCC[N+](C)(C)[O-])(c1ccccc1)c1ccccn1.Cl.Cl. The van der Waals surface area contributed by atoms with Gasteiger partial charge in [-0.1, -0.05) is 36.4 Å². The number of ether oxygens (including phenoxy) is 1. The maximum Gasteiger partial charge on any atom is 0.132 e. The average Bonchev–Trinajstić information content (AvgIpc) is 2.47. The quantitative estimate of drug-likeness (QED) is 0.582. The van der Waals surface area contributed by atoms with Gasteiger partial charge in [-0.25, -0.2) is 0 Å². The first-order valence-corrected chi connectivity index (χ1v) is 7.07. The molecule has 0 aliphatic carbocycles. The van der Waals surface area contributed by atoms with Gasteiger partial charge in [0.05, 0.1) is 26.4 Å². The number of pyridine rings is 1. The number of hydrogen-bond acceptors (Lipinski definition) is 3. The number of halogens is 2. The lowest BCUT2D eigenvalue weighted by molar-refractivity contribution is -0.840. The summed E-state index contributed by atoms with van der Waals surface area (Å²) in [4.78, 5) is 4.43. The van der Waals surface area contributed by atoms with Crippen molar-refractivity contribution < 1.29 is 9.38 Å². The minimum atomic E-state index is -0.655. The van der Waals surface area contributed by atoms with Gasteiger partial charge in [0.15, 0.2) is 0 Å². The Kier molecular flexibility index (Phi) is 8.74. The van der Waals surface area contributed by atoms with E-state index in [-0.39, 0.29) is 29.5 Å². The monoisotopic (exact) mass is 358 g/mol. The summed E-state index contributed by atoms with van der Waals surface area (Å²) in [5.74, 6) is 0. The molecule has 4 nitrogen and oxygen atoms in total. The standard InChI is InChI=1S/C17H22N2O2.2ClH/c1-17(15-9-5-4-6-10-15,16-11-7-8-12-18-16)21-14-13-19(2,3)20;;/h4-12H,13-14H2,1-3H3;2*1H. The van der Waals surface area contributed by atoms with Crippen molar-refractivity contribution in [2.75, 3.05) is 27.2 Å². The van der Waals surface area contributed by atoms with E-state index in [0.717, 1.165) is 11.3 Å². The van der Waals surface area contributed by atoms with Gasteiger partial charge in [0.2, 0.25) is 0 Å². The molecule has 0 spiro atoms. The third kappa shape index (κ3) is 6.09. The second-order valence-corrected chi connectivity index (χ2v) is 5.76. The predicted molar refractivity (Wildman–Crippen MR) is 97.9 cm³/mol. The third-order valence-corrected chi connectivity index (χ3v) is 3.50. The lowest BCUT2D eigenvalue weighted by atomic mass is 9.91. The Morgan fingerprint density at radius 2 is 1.65 bits per heavy atom. The number of likely N-dealkylation sites (N-methyl/N-ethyl adjacent to an activating group) is 1. The summed E-state index contributed by atoms with van der Waals surface area (Å²) in [6.45, 7) is 2.77. The molecule has 1 aromatic carbocycles. The Hall–Kier alpha value is -1.17. The molecule has 0 amide bonds. The molecule has 0 bridgehead atoms. The van der Waals surface area contributed by atoms with Crippen LogP contribution in [0.3, 0.4) is 0 Å². The van der Waals surface area contributed by atoms with Gasteiger partial charge < -0.3 is 14.6 Å². The minimum Gasteiger partial charge on any atom is -0.633 e. The number of rotatable bonds is 6. The van der Waals surface area contributed by atoms with E-state index >= 15 is 0 Å². The molecule has 1 unspecified atom stereocenters. The average molecular weight is 359 g/mol. The first kappa shape index (κ1) is 21.8. The Morgan fingerprint density at radius 3 is 2.17 bits per heavy atom. The van der Waals surface area contributed by atoms with Crippen LogP contribution in [0.4, 0.5) is 0 Å². The molecule has 1 atom stereocenters. The third-order valence-electron chi connectivity index (χ3n) is 3.50. The van der Waals surface area contributed by atoms with Crippen LogP contribution in [-0.2, 0) is 10.3 Å². The van der Waals surface area contributed by atoms with Crippen molar-refractivity contribution in [3.8, 4) is 0 Å². The molecule has 0 N–H and O–H groups in total. The molecule has 23 heavy (non-hydrogen) atoms. The van der Waals surface area contributed by atoms with Gasteiger partial charge in [0.25, 0.3) is 0 Å². The second kappa shape index (κ2) is 9.21. The van der Waals surface area contributed by atoms with Crippen LogP contribution in [0.25, 0.3) is 0 Å². The van der Waals surface area contributed by atoms with Crippen LogP contribution < -0.4 is 0 Å². The maximum atomic E-state index is 11.7. The van der Waals surface area contributed by atoms with E-state index in [4.69, 9.17) is 4.74 Å². The fourth-order valence-corrected chi connectivity index (χ4v) is 2.18. The van der Waals surface area contributed by atoms with Crippen LogP contribution in [0, 0.1) is 5.21 Å². The summed E-state index contributed by atoms with van der Waals surface area (Å²) in [6.07, 6.45) is 1.76. The Morgan fingerprint density at radius 1 is 1.04 bits per heavy atom. The largest absolute Gasteiger partial charge is 0.633 e. The van der Waals surface area contributed by atoms with E-state index in [2.05, 4.69) is 4.98 Å². The molecule has 0 aliphatic heterocycles. The highest BCUT2D eigenvalue weighted by Crippen LogP contribution is 2.31. The van der Waals surface area contributed by atoms with Gasteiger partial charge in [-0.2, -0.15) is 0 Å². The van der Waals surface area contributed by atoms with E-state index in [1.54, 1.807) is 20.3 Å². The van der Waals surface area contributed by atoms with Crippen LogP contribution >= 0.6 is 24.8 Å². The molecule has 0 saturated carbocycles. The minimum absolute atomic E-state index is 0. The van der Waals surface area contributed by atoms with E-state index < -0.39 is 5.60 Å². The topological polar surface area (TPSA) is 45.2 Å². The lowest BCUT2D eigenvalue weighted by Gasteiger charge is -2.36. The number of hydrogen-bond donors (Lipinski definition) is 0. The second-order valence-electron chi connectivity index (χ2n) is 5.76. The normalized spacial score (nSPS) is 13.4. The molecule has 6 heteroatoms. The van der Waals surface area contributed by atoms with Crippen LogP contribution in [-0.4, -0.2) is 36.9 Å². The van der Waals surface area contributed by atoms with Crippen molar-refractivity contribution in [1.82, 2.24) is 4.98 Å². The van der Waals surface area contributed by atoms with Crippen molar-refractivity contribution in [1.29, 1.82) is 0 Å². The Labute approximate surface area is 150 Å². The molecular formula is C17H24Cl2N2O2. The fourth-order valence-electron chi connectivity index (χ4n) is 2.18. The van der Waals surface area contributed by atoms with E-state index in [0.29, 0.717) is 13.2 Å². The first-order chi connectivity index (χ1) is 9.92. The van der Waals surface area contributed by atoms with Gasteiger partial charge >= 0.3 is 0 Å². The van der Waals surface area contributed by atoms with Crippen molar-refractivity contribution in [2.24, 2.45) is 0 Å².